The molecule has 5 nitrogen and oxygen atoms in total. The van der Waals surface area contributed by atoms with Crippen LogP contribution in [0.5, 0.6) is 5.75 Å². The molecule has 1 aromatic rings. The van der Waals surface area contributed by atoms with E-state index in [1.165, 1.54) is 0 Å². The molecule has 0 radical (unpaired) electrons. The van der Waals surface area contributed by atoms with Crippen molar-refractivity contribution in [3.05, 3.63) is 24.3 Å². The van der Waals surface area contributed by atoms with Gasteiger partial charge in [0.15, 0.2) is 0 Å². The Morgan fingerprint density at radius 1 is 0.875 bits per heavy atom. The molecule has 90 valence electrons. The summed E-state index contributed by atoms with van der Waals surface area (Å²) in [4.78, 5) is 3.11. The Labute approximate surface area is 96.7 Å². The highest BCUT2D eigenvalue weighted by Gasteiger charge is 2.39. The van der Waals surface area contributed by atoms with Crippen LogP contribution >= 0.6 is 0 Å². The Morgan fingerprint density at radius 3 is 1.75 bits per heavy atom. The van der Waals surface area contributed by atoms with Gasteiger partial charge >= 0.3 is 8.97 Å². The zero-order valence-electron chi connectivity index (χ0n) is 9.94. The molecule has 0 saturated heterocycles. The van der Waals surface area contributed by atoms with Gasteiger partial charge in [0.2, 0.25) is 0 Å². The number of benzene rings is 1. The molecule has 1 N–H and O–H groups in total. The molecule has 0 spiro atoms. The minimum Gasteiger partial charge on any atom is -0.497 e. The Hall–Kier alpha value is -1.08. The van der Waals surface area contributed by atoms with Gasteiger partial charge in [0.25, 0.3) is 0 Å². The van der Waals surface area contributed by atoms with Gasteiger partial charge in [-0.1, -0.05) is 0 Å². The van der Waals surface area contributed by atoms with Crippen LogP contribution in [0, 0.1) is 0 Å². The second-order valence-corrected chi connectivity index (χ2v) is 5.61. The van der Waals surface area contributed by atoms with Crippen LogP contribution < -0.4 is 9.72 Å². The van der Waals surface area contributed by atoms with E-state index < -0.39 is 8.97 Å². The first-order valence-corrected chi connectivity index (χ1v) is 6.50. The van der Waals surface area contributed by atoms with Crippen LogP contribution in [-0.4, -0.2) is 37.4 Å². The van der Waals surface area contributed by atoms with E-state index in [9.17, 15) is 0 Å². The Kier molecular flexibility index (Phi) is 4.75. The summed E-state index contributed by atoms with van der Waals surface area (Å²) in [6, 6.07) is 7.44. The summed E-state index contributed by atoms with van der Waals surface area (Å²) in [5.74, 6) is 0.796. The molecule has 0 aliphatic carbocycles. The zero-order valence-corrected chi connectivity index (χ0v) is 10.9. The SMILES string of the molecule is COc1ccc(N[Si](OC)(OC)OC)cc1. The van der Waals surface area contributed by atoms with E-state index in [1.807, 2.05) is 24.3 Å². The Balaban J connectivity index is 2.77. The number of hydrogen-bond donors (Lipinski definition) is 1. The molecule has 0 heterocycles. The zero-order chi connectivity index (χ0) is 12.0. The van der Waals surface area contributed by atoms with Crippen LogP contribution in [0.1, 0.15) is 0 Å². The highest BCUT2D eigenvalue weighted by molar-refractivity contribution is 6.64. The van der Waals surface area contributed by atoms with Crippen LogP contribution in [0.2, 0.25) is 0 Å². The fourth-order valence-corrected chi connectivity index (χ4v) is 2.58. The van der Waals surface area contributed by atoms with E-state index in [2.05, 4.69) is 4.98 Å². The van der Waals surface area contributed by atoms with Gasteiger partial charge in [0, 0.05) is 27.0 Å². The molecule has 0 aromatic heterocycles. The van der Waals surface area contributed by atoms with Crippen LogP contribution in [-0.2, 0) is 13.3 Å². The molecule has 0 bridgehead atoms. The highest BCUT2D eigenvalue weighted by atomic mass is 28.4. The summed E-state index contributed by atoms with van der Waals surface area (Å²) < 4.78 is 20.8. The normalized spacial score (nSPS) is 11.2. The number of nitrogens with one attached hydrogen (secondary N) is 1. The number of ether oxygens (including phenoxy) is 1. The summed E-state index contributed by atoms with van der Waals surface area (Å²) in [6.07, 6.45) is 0. The predicted octanol–water partition coefficient (Wildman–Crippen LogP) is 1.48. The molecule has 0 saturated carbocycles. The fraction of sp³-hybridized carbons (Fsp3) is 0.400. The molecular weight excluding hydrogens is 226 g/mol. The summed E-state index contributed by atoms with van der Waals surface area (Å²) >= 11 is 0. The molecule has 1 aromatic carbocycles. The second-order valence-electron chi connectivity index (χ2n) is 3.02. The molecular formula is C10H17NO4Si. The van der Waals surface area contributed by atoms with Crippen molar-refractivity contribution in [3.63, 3.8) is 0 Å². The molecule has 1 rings (SSSR count). The number of methoxy groups -OCH3 is 1. The molecule has 0 aliphatic heterocycles. The van der Waals surface area contributed by atoms with Crippen molar-refractivity contribution in [1.82, 2.24) is 0 Å². The lowest BCUT2D eigenvalue weighted by atomic mass is 10.3. The van der Waals surface area contributed by atoms with Gasteiger partial charge in [-0.25, -0.2) is 0 Å². The van der Waals surface area contributed by atoms with Gasteiger partial charge in [-0.3, -0.25) is 0 Å². The van der Waals surface area contributed by atoms with Gasteiger partial charge in [-0.05, 0) is 24.3 Å². The maximum absolute atomic E-state index is 5.25. The van der Waals surface area contributed by atoms with Crippen LogP contribution in [0.15, 0.2) is 24.3 Å². The molecule has 0 aliphatic rings. The average molecular weight is 243 g/mol. The van der Waals surface area contributed by atoms with Gasteiger partial charge in [-0.2, -0.15) is 0 Å². The minimum absolute atomic E-state index is 0.796. The lowest BCUT2D eigenvalue weighted by Gasteiger charge is -2.25. The molecule has 0 amide bonds. The third kappa shape index (κ3) is 2.95. The van der Waals surface area contributed by atoms with Crippen molar-refractivity contribution < 1.29 is 18.0 Å². The van der Waals surface area contributed by atoms with Crippen LogP contribution in [0.3, 0.4) is 0 Å². The van der Waals surface area contributed by atoms with E-state index in [0.717, 1.165) is 11.4 Å². The average Bonchev–Trinajstić information content (AvgIpc) is 2.37. The number of hydrogen-bond acceptors (Lipinski definition) is 5. The third-order valence-corrected chi connectivity index (χ3v) is 4.40. The van der Waals surface area contributed by atoms with Crippen LogP contribution in [0.4, 0.5) is 5.69 Å². The Bertz CT molecular complexity index is 305. The van der Waals surface area contributed by atoms with Gasteiger partial charge in [0.05, 0.1) is 7.11 Å². The van der Waals surface area contributed by atoms with Gasteiger partial charge < -0.3 is 23.0 Å². The topological polar surface area (TPSA) is 49.0 Å². The monoisotopic (exact) mass is 243 g/mol. The molecule has 0 atom stereocenters. The van der Waals surface area contributed by atoms with E-state index >= 15 is 0 Å². The lowest BCUT2D eigenvalue weighted by Crippen LogP contribution is -2.51. The fourth-order valence-electron chi connectivity index (χ4n) is 1.25. The first-order chi connectivity index (χ1) is 7.69. The van der Waals surface area contributed by atoms with E-state index in [1.54, 1.807) is 28.4 Å². The molecule has 6 heteroatoms. The van der Waals surface area contributed by atoms with Crippen molar-refractivity contribution in [2.45, 2.75) is 0 Å². The summed E-state index contributed by atoms with van der Waals surface area (Å²) in [6.45, 7) is 0. The molecule has 0 fully saturated rings. The first-order valence-electron chi connectivity index (χ1n) is 4.77. The first kappa shape index (κ1) is 13.0. The van der Waals surface area contributed by atoms with Crippen molar-refractivity contribution >= 4 is 14.7 Å². The predicted molar refractivity (Wildman–Crippen MR) is 63.4 cm³/mol. The largest absolute Gasteiger partial charge is 0.630 e. The summed E-state index contributed by atoms with van der Waals surface area (Å²) in [5, 5.41) is 0. The van der Waals surface area contributed by atoms with E-state index in [4.69, 9.17) is 18.0 Å². The van der Waals surface area contributed by atoms with Gasteiger partial charge in [-0.15, -0.1) is 0 Å². The maximum atomic E-state index is 5.25. The minimum atomic E-state index is -2.78. The van der Waals surface area contributed by atoms with Gasteiger partial charge in [0.1, 0.15) is 5.75 Å². The second kappa shape index (κ2) is 5.85. The van der Waals surface area contributed by atoms with E-state index in [-0.39, 0.29) is 0 Å². The number of rotatable bonds is 6. The summed E-state index contributed by atoms with van der Waals surface area (Å²) in [5.41, 5.74) is 0.859. The van der Waals surface area contributed by atoms with Crippen molar-refractivity contribution in [3.8, 4) is 5.75 Å². The lowest BCUT2D eigenvalue weighted by molar-refractivity contribution is 0.132. The van der Waals surface area contributed by atoms with Crippen molar-refractivity contribution in [2.75, 3.05) is 33.4 Å². The van der Waals surface area contributed by atoms with Crippen molar-refractivity contribution in [2.24, 2.45) is 0 Å². The van der Waals surface area contributed by atoms with Crippen molar-refractivity contribution in [1.29, 1.82) is 0 Å². The molecule has 16 heavy (non-hydrogen) atoms. The third-order valence-electron chi connectivity index (χ3n) is 2.19. The Morgan fingerprint density at radius 2 is 1.38 bits per heavy atom. The maximum Gasteiger partial charge on any atom is 0.630 e. The number of anilines is 1. The smallest absolute Gasteiger partial charge is 0.497 e. The van der Waals surface area contributed by atoms with Crippen LogP contribution in [0.25, 0.3) is 0 Å². The standard InChI is InChI=1S/C10H17NO4Si/c1-12-10-7-5-9(6-8-10)11-16(13-2,14-3)15-4/h5-8,11H,1-4H3. The van der Waals surface area contributed by atoms with E-state index in [0.29, 0.717) is 0 Å². The molecule has 0 unspecified atom stereocenters. The summed E-state index contributed by atoms with van der Waals surface area (Å²) in [7, 11) is 3.50. The quantitative estimate of drug-likeness (QED) is 0.767. The highest BCUT2D eigenvalue weighted by Crippen LogP contribution is 2.18.